The average molecular weight is 318 g/mol. The highest BCUT2D eigenvalue weighted by molar-refractivity contribution is 9.10. The maximum atomic E-state index is 14.3. The summed E-state index contributed by atoms with van der Waals surface area (Å²) < 4.78 is 28.6. The van der Waals surface area contributed by atoms with Crippen molar-refractivity contribution in [2.24, 2.45) is 11.1 Å². The molecule has 0 radical (unpaired) electrons. The van der Waals surface area contributed by atoms with Gasteiger partial charge in [0.15, 0.2) is 0 Å². The van der Waals surface area contributed by atoms with Gasteiger partial charge in [-0.25, -0.2) is 8.78 Å². The first kappa shape index (κ1) is 13.9. The third-order valence-electron chi connectivity index (χ3n) is 4.32. The molecule has 2 N–H and O–H groups in total. The van der Waals surface area contributed by atoms with Crippen molar-refractivity contribution in [3.63, 3.8) is 0 Å². The Labute approximate surface area is 115 Å². The van der Waals surface area contributed by atoms with E-state index in [0.717, 1.165) is 19.3 Å². The fourth-order valence-electron chi connectivity index (χ4n) is 2.93. The molecule has 0 aliphatic heterocycles. The van der Waals surface area contributed by atoms with Crippen LogP contribution in [0, 0.1) is 17.0 Å². The highest BCUT2D eigenvalue weighted by Gasteiger charge is 2.47. The second-order valence-electron chi connectivity index (χ2n) is 5.78. The molecule has 1 aromatic carbocycles. The Morgan fingerprint density at radius 2 is 1.78 bits per heavy atom. The summed E-state index contributed by atoms with van der Waals surface area (Å²) in [6.45, 7) is 3.98. The molecule has 100 valence electrons. The molecule has 0 amide bonds. The standard InChI is InChI=1S/C14H18BrF2N/c1-13(2)7-3-4-8-14(13,18)11-10(16)6-5-9(15)12(11)17/h5-6H,3-4,7-8,18H2,1-2H3. The lowest BCUT2D eigenvalue weighted by molar-refractivity contribution is 0.0903. The van der Waals surface area contributed by atoms with Crippen LogP contribution in [0.15, 0.2) is 16.6 Å². The van der Waals surface area contributed by atoms with E-state index in [4.69, 9.17) is 5.73 Å². The van der Waals surface area contributed by atoms with Gasteiger partial charge in [0.25, 0.3) is 0 Å². The van der Waals surface area contributed by atoms with Crippen LogP contribution < -0.4 is 5.73 Å². The number of nitrogens with two attached hydrogens (primary N) is 1. The van der Waals surface area contributed by atoms with Gasteiger partial charge in [0.2, 0.25) is 0 Å². The van der Waals surface area contributed by atoms with Gasteiger partial charge in [-0.3, -0.25) is 0 Å². The van der Waals surface area contributed by atoms with Gasteiger partial charge in [0, 0.05) is 5.56 Å². The predicted molar refractivity (Wildman–Crippen MR) is 72.2 cm³/mol. The van der Waals surface area contributed by atoms with Crippen molar-refractivity contribution in [1.82, 2.24) is 0 Å². The van der Waals surface area contributed by atoms with Gasteiger partial charge in [-0.05, 0) is 46.3 Å². The lowest BCUT2D eigenvalue weighted by Gasteiger charge is -2.48. The lowest BCUT2D eigenvalue weighted by atomic mass is 9.60. The molecule has 2 rings (SSSR count). The summed E-state index contributed by atoms with van der Waals surface area (Å²) in [5.41, 5.74) is 5.20. The molecule has 0 spiro atoms. The Balaban J connectivity index is 2.63. The molecule has 1 nitrogen and oxygen atoms in total. The number of rotatable bonds is 1. The topological polar surface area (TPSA) is 26.0 Å². The van der Waals surface area contributed by atoms with E-state index < -0.39 is 17.2 Å². The molecule has 1 aliphatic carbocycles. The third-order valence-corrected chi connectivity index (χ3v) is 4.93. The zero-order valence-corrected chi connectivity index (χ0v) is 12.3. The molecule has 1 aliphatic rings. The molecule has 0 bridgehead atoms. The molecule has 0 heterocycles. The largest absolute Gasteiger partial charge is 0.321 e. The van der Waals surface area contributed by atoms with Crippen molar-refractivity contribution in [3.05, 3.63) is 33.8 Å². The van der Waals surface area contributed by atoms with E-state index in [1.807, 2.05) is 13.8 Å². The molecule has 0 aromatic heterocycles. The van der Waals surface area contributed by atoms with Crippen molar-refractivity contribution < 1.29 is 8.78 Å². The number of benzene rings is 1. The first-order valence-corrected chi connectivity index (χ1v) is 7.02. The Morgan fingerprint density at radius 1 is 1.17 bits per heavy atom. The summed E-state index contributed by atoms with van der Waals surface area (Å²) in [7, 11) is 0. The molecule has 18 heavy (non-hydrogen) atoms. The van der Waals surface area contributed by atoms with E-state index in [2.05, 4.69) is 15.9 Å². The van der Waals surface area contributed by atoms with Crippen LogP contribution in [0.5, 0.6) is 0 Å². The highest BCUT2D eigenvalue weighted by Crippen LogP contribution is 2.50. The Kier molecular flexibility index (Phi) is 3.54. The summed E-state index contributed by atoms with van der Waals surface area (Å²) in [5, 5.41) is 0. The maximum absolute atomic E-state index is 14.3. The van der Waals surface area contributed by atoms with Crippen molar-refractivity contribution in [2.75, 3.05) is 0 Å². The quantitative estimate of drug-likeness (QED) is 0.759. The van der Waals surface area contributed by atoms with Crippen molar-refractivity contribution >= 4 is 15.9 Å². The van der Waals surface area contributed by atoms with E-state index in [1.54, 1.807) is 0 Å². The van der Waals surface area contributed by atoms with Crippen LogP contribution >= 0.6 is 15.9 Å². The van der Waals surface area contributed by atoms with E-state index in [9.17, 15) is 8.78 Å². The molecule has 0 saturated heterocycles. The monoisotopic (exact) mass is 317 g/mol. The molecular weight excluding hydrogens is 300 g/mol. The maximum Gasteiger partial charge on any atom is 0.145 e. The zero-order chi connectivity index (χ0) is 13.6. The number of hydrogen-bond acceptors (Lipinski definition) is 1. The molecule has 4 heteroatoms. The fourth-order valence-corrected chi connectivity index (χ4v) is 3.26. The third kappa shape index (κ3) is 1.99. The smallest absolute Gasteiger partial charge is 0.145 e. The van der Waals surface area contributed by atoms with Gasteiger partial charge >= 0.3 is 0 Å². The van der Waals surface area contributed by atoms with Gasteiger partial charge in [0.05, 0.1) is 10.0 Å². The second kappa shape index (κ2) is 4.57. The molecule has 1 atom stereocenters. The van der Waals surface area contributed by atoms with Crippen LogP contribution in [0.2, 0.25) is 0 Å². The van der Waals surface area contributed by atoms with E-state index in [-0.39, 0.29) is 15.5 Å². The minimum Gasteiger partial charge on any atom is -0.321 e. The fraction of sp³-hybridized carbons (Fsp3) is 0.571. The summed E-state index contributed by atoms with van der Waals surface area (Å²) in [6.07, 6.45) is 3.47. The number of hydrogen-bond donors (Lipinski definition) is 1. The summed E-state index contributed by atoms with van der Waals surface area (Å²) in [4.78, 5) is 0. The summed E-state index contributed by atoms with van der Waals surface area (Å²) in [5.74, 6) is -1.11. The first-order valence-electron chi connectivity index (χ1n) is 6.22. The minimum absolute atomic E-state index is 0.0292. The molecule has 1 fully saturated rings. The summed E-state index contributed by atoms with van der Waals surface area (Å²) in [6, 6.07) is 2.66. The van der Waals surface area contributed by atoms with Crippen LogP contribution in [0.25, 0.3) is 0 Å². The van der Waals surface area contributed by atoms with Gasteiger partial charge in [0.1, 0.15) is 11.6 Å². The van der Waals surface area contributed by atoms with Crippen LogP contribution in [0.4, 0.5) is 8.78 Å². The Morgan fingerprint density at radius 3 is 2.39 bits per heavy atom. The zero-order valence-electron chi connectivity index (χ0n) is 10.7. The second-order valence-corrected chi connectivity index (χ2v) is 6.63. The minimum atomic E-state index is -0.941. The Hall–Kier alpha value is -0.480. The van der Waals surface area contributed by atoms with Gasteiger partial charge in [-0.15, -0.1) is 0 Å². The first-order chi connectivity index (χ1) is 8.29. The van der Waals surface area contributed by atoms with Gasteiger partial charge in [-0.2, -0.15) is 0 Å². The van der Waals surface area contributed by atoms with E-state index in [1.165, 1.54) is 12.1 Å². The van der Waals surface area contributed by atoms with E-state index in [0.29, 0.717) is 6.42 Å². The van der Waals surface area contributed by atoms with Crippen LogP contribution in [-0.2, 0) is 5.54 Å². The molecule has 1 aromatic rings. The molecular formula is C14H18BrF2N. The normalized spacial score (nSPS) is 27.2. The highest BCUT2D eigenvalue weighted by atomic mass is 79.9. The number of halogens is 3. The molecule has 1 saturated carbocycles. The van der Waals surface area contributed by atoms with Crippen LogP contribution in [0.3, 0.4) is 0 Å². The molecule has 1 unspecified atom stereocenters. The predicted octanol–water partition coefficient (Wildman–Crippen LogP) is 4.48. The SMILES string of the molecule is CC1(C)CCCCC1(N)c1c(F)ccc(Br)c1F. The van der Waals surface area contributed by atoms with Gasteiger partial charge < -0.3 is 5.73 Å². The van der Waals surface area contributed by atoms with Crippen molar-refractivity contribution in [2.45, 2.75) is 45.1 Å². The summed E-state index contributed by atoms with van der Waals surface area (Å²) >= 11 is 3.11. The Bertz CT molecular complexity index is 473. The lowest BCUT2D eigenvalue weighted by Crippen LogP contribution is -2.53. The average Bonchev–Trinajstić information content (AvgIpc) is 2.28. The van der Waals surface area contributed by atoms with Crippen LogP contribution in [-0.4, -0.2) is 0 Å². The van der Waals surface area contributed by atoms with E-state index >= 15 is 0 Å². The van der Waals surface area contributed by atoms with Crippen molar-refractivity contribution in [1.29, 1.82) is 0 Å². The van der Waals surface area contributed by atoms with Crippen molar-refractivity contribution in [3.8, 4) is 0 Å². The van der Waals surface area contributed by atoms with Gasteiger partial charge in [-0.1, -0.05) is 26.7 Å². The van der Waals surface area contributed by atoms with Crippen LogP contribution in [0.1, 0.15) is 45.1 Å².